The third-order valence-corrected chi connectivity index (χ3v) is 4.51. The standard InChI is InChI=1S/C20H28F2N4O4/c1-20(2,3)11-25(4)16(18(23)28)19(29)24-14-6-5-12(9-13(14)17(21)22)26-7-8-30-10-15(26)27/h5-6,9,16-17H,7-8,10-11H2,1-4H3,(H2,23,28)(H,24,29)/t16-/m0/s1. The molecule has 3 N–H and O–H groups in total. The van der Waals surface area contributed by atoms with Crippen molar-refractivity contribution in [2.24, 2.45) is 11.1 Å². The van der Waals surface area contributed by atoms with Crippen molar-refractivity contribution in [3.8, 4) is 0 Å². The van der Waals surface area contributed by atoms with Gasteiger partial charge in [-0.05, 0) is 30.7 Å². The second-order valence-electron chi connectivity index (χ2n) is 8.44. The fourth-order valence-electron chi connectivity index (χ4n) is 3.39. The Kier molecular flexibility index (Phi) is 7.49. The molecule has 0 bridgehead atoms. The number of primary amides is 1. The topological polar surface area (TPSA) is 105 Å². The number of rotatable bonds is 7. The summed E-state index contributed by atoms with van der Waals surface area (Å²) in [5.74, 6) is -2.02. The molecule has 10 heteroatoms. The number of halogens is 2. The quantitative estimate of drug-likeness (QED) is 0.647. The van der Waals surface area contributed by atoms with E-state index in [0.29, 0.717) is 13.2 Å². The summed E-state index contributed by atoms with van der Waals surface area (Å²) in [7, 11) is 1.57. The van der Waals surface area contributed by atoms with Crippen LogP contribution in [0.1, 0.15) is 32.8 Å². The number of nitrogens with zero attached hydrogens (tertiary/aromatic N) is 2. The van der Waals surface area contributed by atoms with Crippen molar-refractivity contribution < 1.29 is 27.9 Å². The fourth-order valence-corrected chi connectivity index (χ4v) is 3.39. The predicted octanol–water partition coefficient (Wildman–Crippen LogP) is 1.76. The summed E-state index contributed by atoms with van der Waals surface area (Å²) in [5, 5.41) is 2.39. The number of anilines is 2. The summed E-state index contributed by atoms with van der Waals surface area (Å²) in [5.41, 5.74) is 4.87. The van der Waals surface area contributed by atoms with E-state index in [0.717, 1.165) is 6.07 Å². The molecule has 1 fully saturated rings. The van der Waals surface area contributed by atoms with Crippen LogP contribution in [0.3, 0.4) is 0 Å². The first kappa shape index (κ1) is 23.7. The van der Waals surface area contributed by atoms with E-state index in [1.54, 1.807) is 7.05 Å². The minimum atomic E-state index is -2.91. The van der Waals surface area contributed by atoms with Gasteiger partial charge in [0.05, 0.1) is 6.61 Å². The number of alkyl halides is 2. The summed E-state index contributed by atoms with van der Waals surface area (Å²) in [6.45, 7) is 6.60. The number of nitrogens with one attached hydrogen (secondary N) is 1. The van der Waals surface area contributed by atoms with Gasteiger partial charge in [-0.15, -0.1) is 0 Å². The van der Waals surface area contributed by atoms with E-state index in [4.69, 9.17) is 10.5 Å². The molecule has 1 atom stereocenters. The van der Waals surface area contributed by atoms with Crippen molar-refractivity contribution in [1.29, 1.82) is 0 Å². The van der Waals surface area contributed by atoms with Gasteiger partial charge in [0.25, 0.3) is 18.2 Å². The number of carbonyl (C=O) groups is 3. The third kappa shape index (κ3) is 5.96. The van der Waals surface area contributed by atoms with Gasteiger partial charge in [0, 0.05) is 30.0 Å². The number of benzene rings is 1. The molecular weight excluding hydrogens is 398 g/mol. The number of amides is 3. The van der Waals surface area contributed by atoms with E-state index in [-0.39, 0.29) is 35.8 Å². The molecule has 0 aromatic heterocycles. The molecule has 0 aliphatic carbocycles. The monoisotopic (exact) mass is 426 g/mol. The smallest absolute Gasteiger partial charge is 0.265 e. The minimum absolute atomic E-state index is 0.122. The van der Waals surface area contributed by atoms with Gasteiger partial charge in [0.15, 0.2) is 6.04 Å². The first-order valence-electron chi connectivity index (χ1n) is 9.51. The number of morpholine rings is 1. The van der Waals surface area contributed by atoms with E-state index in [1.165, 1.54) is 21.9 Å². The van der Waals surface area contributed by atoms with Gasteiger partial charge in [-0.2, -0.15) is 0 Å². The van der Waals surface area contributed by atoms with Crippen molar-refractivity contribution in [2.75, 3.05) is 43.6 Å². The maximum atomic E-state index is 13.7. The fraction of sp³-hybridized carbons (Fsp3) is 0.550. The third-order valence-electron chi connectivity index (χ3n) is 4.51. The van der Waals surface area contributed by atoms with Gasteiger partial charge in [-0.25, -0.2) is 8.78 Å². The van der Waals surface area contributed by atoms with Crippen molar-refractivity contribution in [1.82, 2.24) is 4.90 Å². The lowest BCUT2D eigenvalue weighted by Crippen LogP contribution is -2.52. The van der Waals surface area contributed by atoms with Crippen LogP contribution in [0.15, 0.2) is 18.2 Å². The normalized spacial score (nSPS) is 16.1. The van der Waals surface area contributed by atoms with Crippen molar-refractivity contribution in [3.05, 3.63) is 23.8 Å². The molecule has 8 nitrogen and oxygen atoms in total. The molecule has 0 spiro atoms. The second kappa shape index (κ2) is 9.48. The lowest BCUT2D eigenvalue weighted by molar-refractivity contribution is -0.132. The molecular formula is C20H28F2N4O4. The summed E-state index contributed by atoms with van der Waals surface area (Å²) < 4.78 is 32.4. The molecule has 3 amide bonds. The van der Waals surface area contributed by atoms with Crippen LogP contribution in [0.5, 0.6) is 0 Å². The van der Waals surface area contributed by atoms with E-state index in [9.17, 15) is 23.2 Å². The Balaban J connectivity index is 2.28. The zero-order valence-electron chi connectivity index (χ0n) is 17.6. The summed E-state index contributed by atoms with van der Waals surface area (Å²) in [6.07, 6.45) is -2.91. The molecule has 2 rings (SSSR count). The van der Waals surface area contributed by atoms with Crippen LogP contribution < -0.4 is 16.0 Å². The number of nitrogens with two attached hydrogens (primary N) is 1. The number of carbonyl (C=O) groups excluding carboxylic acids is 3. The van der Waals surface area contributed by atoms with Gasteiger partial charge >= 0.3 is 0 Å². The summed E-state index contributed by atoms with van der Waals surface area (Å²) in [6, 6.07) is 2.58. The molecule has 0 radical (unpaired) electrons. The van der Waals surface area contributed by atoms with E-state index < -0.39 is 29.8 Å². The zero-order valence-corrected chi connectivity index (χ0v) is 17.6. The van der Waals surface area contributed by atoms with Crippen LogP contribution in [-0.2, 0) is 19.1 Å². The van der Waals surface area contributed by atoms with Crippen LogP contribution in [0.25, 0.3) is 0 Å². The molecule has 0 unspecified atom stereocenters. The van der Waals surface area contributed by atoms with Crippen LogP contribution in [-0.4, -0.2) is 62.0 Å². The number of ether oxygens (including phenoxy) is 1. The van der Waals surface area contributed by atoms with Crippen LogP contribution in [0, 0.1) is 5.41 Å². The Hall–Kier alpha value is -2.59. The second-order valence-corrected chi connectivity index (χ2v) is 8.44. The highest BCUT2D eigenvalue weighted by molar-refractivity contribution is 6.10. The first-order valence-corrected chi connectivity index (χ1v) is 9.51. The van der Waals surface area contributed by atoms with Gasteiger partial charge in [-0.1, -0.05) is 20.8 Å². The Morgan fingerprint density at radius 1 is 1.33 bits per heavy atom. The Labute approximate surface area is 174 Å². The number of hydrogen-bond donors (Lipinski definition) is 2. The SMILES string of the molecule is CN(CC(C)(C)C)[C@@H](C(N)=O)C(=O)Nc1ccc(N2CCOCC2=O)cc1C(F)F. The molecule has 166 valence electrons. The molecule has 1 saturated heterocycles. The molecule has 1 aromatic rings. The molecule has 0 saturated carbocycles. The Morgan fingerprint density at radius 2 is 2.00 bits per heavy atom. The summed E-state index contributed by atoms with van der Waals surface area (Å²) in [4.78, 5) is 39.4. The maximum absolute atomic E-state index is 13.7. The van der Waals surface area contributed by atoms with Crippen LogP contribution >= 0.6 is 0 Å². The van der Waals surface area contributed by atoms with Gasteiger partial charge < -0.3 is 20.7 Å². The molecule has 1 aromatic carbocycles. The minimum Gasteiger partial charge on any atom is -0.370 e. The van der Waals surface area contributed by atoms with Crippen molar-refractivity contribution in [3.63, 3.8) is 0 Å². The average molecular weight is 426 g/mol. The van der Waals surface area contributed by atoms with Gasteiger partial charge in [-0.3, -0.25) is 19.3 Å². The van der Waals surface area contributed by atoms with Gasteiger partial charge in [0.2, 0.25) is 5.91 Å². The lowest BCUT2D eigenvalue weighted by Gasteiger charge is -2.31. The molecule has 1 aliphatic heterocycles. The molecule has 1 heterocycles. The van der Waals surface area contributed by atoms with Crippen LogP contribution in [0.2, 0.25) is 0 Å². The van der Waals surface area contributed by atoms with E-state index in [1.807, 2.05) is 20.8 Å². The molecule has 1 aliphatic rings. The summed E-state index contributed by atoms with van der Waals surface area (Å²) >= 11 is 0. The average Bonchev–Trinajstić information content (AvgIpc) is 2.60. The van der Waals surface area contributed by atoms with Crippen molar-refractivity contribution in [2.45, 2.75) is 33.2 Å². The first-order chi connectivity index (χ1) is 13.9. The predicted molar refractivity (Wildman–Crippen MR) is 108 cm³/mol. The van der Waals surface area contributed by atoms with E-state index in [2.05, 4.69) is 5.32 Å². The largest absolute Gasteiger partial charge is 0.370 e. The highest BCUT2D eigenvalue weighted by Crippen LogP contribution is 2.32. The lowest BCUT2D eigenvalue weighted by atomic mass is 9.95. The van der Waals surface area contributed by atoms with Gasteiger partial charge in [0.1, 0.15) is 6.61 Å². The maximum Gasteiger partial charge on any atom is 0.265 e. The van der Waals surface area contributed by atoms with E-state index >= 15 is 0 Å². The Morgan fingerprint density at radius 3 is 2.53 bits per heavy atom. The van der Waals surface area contributed by atoms with Crippen LogP contribution in [0.4, 0.5) is 20.2 Å². The highest BCUT2D eigenvalue weighted by Gasteiger charge is 2.32. The zero-order chi connectivity index (χ0) is 22.6. The number of hydrogen-bond acceptors (Lipinski definition) is 5. The molecule has 30 heavy (non-hydrogen) atoms. The number of likely N-dealkylation sites (N-methyl/N-ethyl adjacent to an activating group) is 1. The highest BCUT2D eigenvalue weighted by atomic mass is 19.3. The Bertz CT molecular complexity index is 810. The van der Waals surface area contributed by atoms with Crippen molar-refractivity contribution >= 4 is 29.1 Å².